The fourth-order valence-electron chi connectivity index (χ4n) is 1.81. The highest BCUT2D eigenvalue weighted by Gasteiger charge is 2.19. The number of anilines is 1. The first-order chi connectivity index (χ1) is 9.42. The number of methoxy groups -OCH3 is 1. The van der Waals surface area contributed by atoms with Crippen LogP contribution < -0.4 is 9.46 Å². The number of pyridine rings is 1. The highest BCUT2D eigenvalue weighted by molar-refractivity contribution is 7.92. The summed E-state index contributed by atoms with van der Waals surface area (Å²) in [6, 6.07) is 6.72. The number of rotatable bonds is 4. The first-order valence-electron chi connectivity index (χ1n) is 6.01. The van der Waals surface area contributed by atoms with Crippen molar-refractivity contribution in [1.82, 2.24) is 4.98 Å². The zero-order valence-electron chi connectivity index (χ0n) is 11.5. The van der Waals surface area contributed by atoms with Gasteiger partial charge in [0.25, 0.3) is 10.0 Å². The van der Waals surface area contributed by atoms with Gasteiger partial charge in [0.1, 0.15) is 10.6 Å². The second kappa shape index (κ2) is 5.50. The van der Waals surface area contributed by atoms with Gasteiger partial charge in [0.2, 0.25) is 0 Å². The van der Waals surface area contributed by atoms with Crippen molar-refractivity contribution in [2.24, 2.45) is 0 Å². The van der Waals surface area contributed by atoms with E-state index >= 15 is 0 Å². The molecule has 1 aromatic carbocycles. The number of aromatic nitrogens is 1. The van der Waals surface area contributed by atoms with E-state index in [1.165, 1.54) is 13.3 Å². The molecule has 0 radical (unpaired) electrons. The molecular weight excluding hydrogens is 276 g/mol. The molecule has 0 bridgehead atoms. The number of hydrogen-bond acceptors (Lipinski definition) is 4. The zero-order chi connectivity index (χ0) is 14.8. The van der Waals surface area contributed by atoms with E-state index in [4.69, 9.17) is 4.74 Å². The molecule has 0 aliphatic heterocycles. The molecule has 20 heavy (non-hydrogen) atoms. The van der Waals surface area contributed by atoms with Gasteiger partial charge in [-0.05, 0) is 43.2 Å². The van der Waals surface area contributed by atoms with Crippen molar-refractivity contribution in [1.29, 1.82) is 0 Å². The van der Waals surface area contributed by atoms with Gasteiger partial charge in [0.05, 0.1) is 19.0 Å². The summed E-state index contributed by atoms with van der Waals surface area (Å²) < 4.78 is 32.5. The van der Waals surface area contributed by atoms with Gasteiger partial charge in [-0.2, -0.15) is 0 Å². The molecule has 106 valence electrons. The second-order valence-corrected chi connectivity index (χ2v) is 6.16. The van der Waals surface area contributed by atoms with E-state index in [9.17, 15) is 8.42 Å². The Morgan fingerprint density at radius 2 is 1.85 bits per heavy atom. The van der Waals surface area contributed by atoms with Crippen LogP contribution in [0.5, 0.6) is 5.75 Å². The van der Waals surface area contributed by atoms with E-state index < -0.39 is 10.0 Å². The van der Waals surface area contributed by atoms with E-state index in [0.717, 1.165) is 11.1 Å². The Kier molecular flexibility index (Phi) is 3.94. The predicted octanol–water partition coefficient (Wildman–Crippen LogP) is 2.51. The number of aryl methyl sites for hydroxylation is 2. The van der Waals surface area contributed by atoms with Crippen molar-refractivity contribution in [2.75, 3.05) is 11.8 Å². The Bertz CT molecular complexity index is 727. The number of sulfonamides is 1. The summed E-state index contributed by atoms with van der Waals surface area (Å²) >= 11 is 0. The molecule has 2 aromatic rings. The molecule has 0 aliphatic carbocycles. The smallest absolute Gasteiger partial charge is 0.265 e. The molecule has 2 rings (SSSR count). The normalized spacial score (nSPS) is 11.2. The van der Waals surface area contributed by atoms with Gasteiger partial charge >= 0.3 is 0 Å². The van der Waals surface area contributed by atoms with Gasteiger partial charge < -0.3 is 4.74 Å². The Morgan fingerprint density at radius 1 is 1.10 bits per heavy atom. The van der Waals surface area contributed by atoms with Crippen LogP contribution in [-0.4, -0.2) is 20.5 Å². The Labute approximate surface area is 118 Å². The minimum atomic E-state index is -3.71. The van der Waals surface area contributed by atoms with Crippen molar-refractivity contribution >= 4 is 15.7 Å². The molecule has 0 unspecified atom stereocenters. The third kappa shape index (κ3) is 3.08. The zero-order valence-corrected chi connectivity index (χ0v) is 12.4. The SMILES string of the molecule is COc1ccc(C)cc1S(=O)(=O)Nc1cncc(C)c1. The summed E-state index contributed by atoms with van der Waals surface area (Å²) in [5, 5.41) is 0. The lowest BCUT2D eigenvalue weighted by atomic mass is 10.2. The summed E-state index contributed by atoms with van der Waals surface area (Å²) in [4.78, 5) is 4.08. The van der Waals surface area contributed by atoms with Crippen molar-refractivity contribution in [3.05, 3.63) is 47.8 Å². The Morgan fingerprint density at radius 3 is 2.50 bits per heavy atom. The van der Waals surface area contributed by atoms with Crippen LogP contribution >= 0.6 is 0 Å². The van der Waals surface area contributed by atoms with Gasteiger partial charge in [0.15, 0.2) is 0 Å². The van der Waals surface area contributed by atoms with Crippen molar-refractivity contribution in [2.45, 2.75) is 18.7 Å². The van der Waals surface area contributed by atoms with Gasteiger partial charge in [-0.15, -0.1) is 0 Å². The average molecular weight is 292 g/mol. The third-order valence-electron chi connectivity index (χ3n) is 2.74. The van der Waals surface area contributed by atoms with Gasteiger partial charge in [-0.3, -0.25) is 9.71 Å². The van der Waals surface area contributed by atoms with Crippen molar-refractivity contribution in [3.8, 4) is 5.75 Å². The van der Waals surface area contributed by atoms with Crippen LogP contribution in [-0.2, 0) is 10.0 Å². The number of nitrogens with zero attached hydrogens (tertiary/aromatic N) is 1. The van der Waals surface area contributed by atoms with Gasteiger partial charge in [0, 0.05) is 6.20 Å². The molecule has 0 spiro atoms. The number of nitrogens with one attached hydrogen (secondary N) is 1. The topological polar surface area (TPSA) is 68.3 Å². The first kappa shape index (κ1) is 14.3. The van der Waals surface area contributed by atoms with E-state index in [2.05, 4.69) is 9.71 Å². The number of ether oxygens (including phenoxy) is 1. The third-order valence-corrected chi connectivity index (χ3v) is 4.14. The van der Waals surface area contributed by atoms with Crippen LogP contribution in [0.4, 0.5) is 5.69 Å². The van der Waals surface area contributed by atoms with Crippen molar-refractivity contribution in [3.63, 3.8) is 0 Å². The summed E-state index contributed by atoms with van der Waals surface area (Å²) in [5.74, 6) is 0.309. The summed E-state index contributed by atoms with van der Waals surface area (Å²) in [6.07, 6.45) is 3.12. The quantitative estimate of drug-likeness (QED) is 0.940. The lowest BCUT2D eigenvalue weighted by Gasteiger charge is -2.12. The maximum absolute atomic E-state index is 12.4. The molecule has 0 atom stereocenters. The molecule has 6 heteroatoms. The van der Waals surface area contributed by atoms with Crippen LogP contribution in [0.1, 0.15) is 11.1 Å². The monoisotopic (exact) mass is 292 g/mol. The summed E-state index contributed by atoms with van der Waals surface area (Å²) in [6.45, 7) is 3.67. The highest BCUT2D eigenvalue weighted by Crippen LogP contribution is 2.26. The van der Waals surface area contributed by atoms with Crippen LogP contribution in [0.3, 0.4) is 0 Å². The Hall–Kier alpha value is -2.08. The standard InChI is InChI=1S/C14H16N2O3S/c1-10-4-5-13(19-3)14(7-10)20(17,18)16-12-6-11(2)8-15-9-12/h4-9,16H,1-3H3. The maximum Gasteiger partial charge on any atom is 0.265 e. The van der Waals surface area contributed by atoms with Crippen LogP contribution in [0.25, 0.3) is 0 Å². The van der Waals surface area contributed by atoms with Crippen LogP contribution in [0.2, 0.25) is 0 Å². The predicted molar refractivity (Wildman–Crippen MR) is 77.5 cm³/mol. The van der Waals surface area contributed by atoms with Crippen LogP contribution in [0.15, 0.2) is 41.6 Å². The molecule has 1 heterocycles. The lowest BCUT2D eigenvalue weighted by molar-refractivity contribution is 0.402. The molecular formula is C14H16N2O3S. The molecule has 0 aliphatic rings. The van der Waals surface area contributed by atoms with E-state index in [0.29, 0.717) is 11.4 Å². The summed E-state index contributed by atoms with van der Waals surface area (Å²) in [5.41, 5.74) is 2.14. The molecule has 0 amide bonds. The first-order valence-corrected chi connectivity index (χ1v) is 7.50. The molecule has 0 fully saturated rings. The maximum atomic E-state index is 12.4. The van der Waals surface area contributed by atoms with Crippen molar-refractivity contribution < 1.29 is 13.2 Å². The molecule has 0 saturated carbocycles. The molecule has 0 saturated heterocycles. The lowest BCUT2D eigenvalue weighted by Crippen LogP contribution is -2.14. The van der Waals surface area contributed by atoms with E-state index in [1.807, 2.05) is 13.8 Å². The fourth-order valence-corrected chi connectivity index (χ4v) is 3.10. The van der Waals surface area contributed by atoms with E-state index in [-0.39, 0.29) is 4.90 Å². The number of benzene rings is 1. The molecule has 1 aromatic heterocycles. The highest BCUT2D eigenvalue weighted by atomic mass is 32.2. The van der Waals surface area contributed by atoms with Gasteiger partial charge in [-0.1, -0.05) is 6.07 Å². The minimum absolute atomic E-state index is 0.113. The minimum Gasteiger partial charge on any atom is -0.495 e. The van der Waals surface area contributed by atoms with E-state index in [1.54, 1.807) is 30.5 Å². The van der Waals surface area contributed by atoms with Gasteiger partial charge in [-0.25, -0.2) is 8.42 Å². The average Bonchev–Trinajstić information content (AvgIpc) is 2.38. The largest absolute Gasteiger partial charge is 0.495 e. The molecule has 5 nitrogen and oxygen atoms in total. The van der Waals surface area contributed by atoms with Crippen LogP contribution in [0, 0.1) is 13.8 Å². The summed E-state index contributed by atoms with van der Waals surface area (Å²) in [7, 11) is -2.27. The second-order valence-electron chi connectivity index (χ2n) is 4.51. The Balaban J connectivity index is 2.43. The number of hydrogen-bond donors (Lipinski definition) is 1. The fraction of sp³-hybridized carbons (Fsp3) is 0.214. The molecule has 1 N–H and O–H groups in total.